The molecule has 0 aromatic heterocycles. The van der Waals surface area contributed by atoms with Crippen molar-refractivity contribution in [2.75, 3.05) is 11.6 Å². The Morgan fingerprint density at radius 3 is 2.60 bits per heavy atom. The van der Waals surface area contributed by atoms with E-state index in [1.807, 2.05) is 38.3 Å². The lowest BCUT2D eigenvalue weighted by molar-refractivity contribution is -0.139. The molecular weight excluding hydrogens is 276 g/mol. The minimum absolute atomic E-state index is 0.191. The van der Waals surface area contributed by atoms with Gasteiger partial charge in [0.05, 0.1) is 0 Å². The largest absolute Gasteiger partial charge is 0.480 e. The summed E-state index contributed by atoms with van der Waals surface area (Å²) in [5.74, 6) is -0.831. The Labute approximate surface area is 123 Å². The fourth-order valence-electron chi connectivity index (χ4n) is 1.72. The first-order chi connectivity index (χ1) is 9.42. The third-order valence-electron chi connectivity index (χ3n) is 2.64. The Bertz CT molecular complexity index is 477. The summed E-state index contributed by atoms with van der Waals surface area (Å²) >= 11 is 1.57. The lowest BCUT2D eigenvalue weighted by atomic mass is 10.0. The van der Waals surface area contributed by atoms with Crippen LogP contribution in [-0.4, -0.2) is 29.4 Å². The number of aliphatic carboxylic acids is 1. The van der Waals surface area contributed by atoms with Gasteiger partial charge in [-0.2, -0.15) is 0 Å². The molecule has 0 saturated carbocycles. The zero-order valence-electron chi connectivity index (χ0n) is 11.8. The molecule has 0 unspecified atom stereocenters. The van der Waals surface area contributed by atoms with Crippen molar-refractivity contribution in [3.05, 3.63) is 24.3 Å². The van der Waals surface area contributed by atoms with Gasteiger partial charge in [-0.25, -0.2) is 9.59 Å². The van der Waals surface area contributed by atoms with Crippen molar-refractivity contribution in [2.45, 2.75) is 31.2 Å². The van der Waals surface area contributed by atoms with Crippen LogP contribution in [0.5, 0.6) is 0 Å². The van der Waals surface area contributed by atoms with E-state index >= 15 is 0 Å². The molecule has 0 spiro atoms. The van der Waals surface area contributed by atoms with E-state index in [-0.39, 0.29) is 5.92 Å². The number of thioether (sulfide) groups is 1. The minimum Gasteiger partial charge on any atom is -0.480 e. The van der Waals surface area contributed by atoms with Crippen LogP contribution in [0, 0.1) is 5.92 Å². The second-order valence-corrected chi connectivity index (χ2v) is 5.73. The van der Waals surface area contributed by atoms with Gasteiger partial charge in [0, 0.05) is 10.6 Å². The van der Waals surface area contributed by atoms with Crippen molar-refractivity contribution < 1.29 is 14.7 Å². The lowest BCUT2D eigenvalue weighted by Gasteiger charge is -2.17. The van der Waals surface area contributed by atoms with E-state index in [4.69, 9.17) is 5.11 Å². The summed E-state index contributed by atoms with van der Waals surface area (Å²) in [6.45, 7) is 3.83. The molecule has 20 heavy (non-hydrogen) atoms. The number of rotatable bonds is 6. The van der Waals surface area contributed by atoms with Crippen LogP contribution in [0.1, 0.15) is 20.3 Å². The average Bonchev–Trinajstić information content (AvgIpc) is 2.37. The van der Waals surface area contributed by atoms with Crippen molar-refractivity contribution in [2.24, 2.45) is 5.92 Å². The quantitative estimate of drug-likeness (QED) is 0.705. The number of carbonyl (C=O) groups is 2. The van der Waals surface area contributed by atoms with Crippen LogP contribution >= 0.6 is 11.8 Å². The van der Waals surface area contributed by atoms with Gasteiger partial charge in [0.1, 0.15) is 6.04 Å². The SMILES string of the molecule is CSc1cccc(NC(=O)N[C@@H](CC(C)C)C(=O)O)c1. The average molecular weight is 296 g/mol. The van der Waals surface area contributed by atoms with Gasteiger partial charge in [0.25, 0.3) is 0 Å². The Balaban J connectivity index is 2.63. The van der Waals surface area contributed by atoms with Gasteiger partial charge < -0.3 is 15.7 Å². The van der Waals surface area contributed by atoms with E-state index in [1.54, 1.807) is 17.8 Å². The molecule has 110 valence electrons. The van der Waals surface area contributed by atoms with E-state index in [0.29, 0.717) is 12.1 Å². The molecule has 2 amide bonds. The predicted octanol–water partition coefficient (Wildman–Crippen LogP) is 3.03. The highest BCUT2D eigenvalue weighted by atomic mass is 32.2. The summed E-state index contributed by atoms with van der Waals surface area (Å²) in [6, 6.07) is 5.99. The molecule has 1 aromatic carbocycles. The molecule has 0 aliphatic heterocycles. The smallest absolute Gasteiger partial charge is 0.326 e. The molecule has 0 saturated heterocycles. The molecule has 6 heteroatoms. The van der Waals surface area contributed by atoms with E-state index in [0.717, 1.165) is 4.90 Å². The van der Waals surface area contributed by atoms with Crippen LogP contribution < -0.4 is 10.6 Å². The number of hydrogen-bond acceptors (Lipinski definition) is 3. The van der Waals surface area contributed by atoms with Crippen LogP contribution in [0.25, 0.3) is 0 Å². The highest BCUT2D eigenvalue weighted by molar-refractivity contribution is 7.98. The molecule has 5 nitrogen and oxygen atoms in total. The summed E-state index contributed by atoms with van der Waals surface area (Å²) in [6.07, 6.45) is 2.34. The number of urea groups is 1. The second kappa shape index (κ2) is 7.79. The van der Waals surface area contributed by atoms with Crippen molar-refractivity contribution in [1.82, 2.24) is 5.32 Å². The lowest BCUT2D eigenvalue weighted by Crippen LogP contribution is -2.43. The van der Waals surface area contributed by atoms with Gasteiger partial charge >= 0.3 is 12.0 Å². The Hall–Kier alpha value is -1.69. The third-order valence-corrected chi connectivity index (χ3v) is 3.36. The molecule has 3 N–H and O–H groups in total. The van der Waals surface area contributed by atoms with Crippen molar-refractivity contribution >= 4 is 29.4 Å². The molecule has 1 rings (SSSR count). The number of anilines is 1. The van der Waals surface area contributed by atoms with Crippen molar-refractivity contribution in [3.63, 3.8) is 0 Å². The fourth-order valence-corrected chi connectivity index (χ4v) is 2.18. The highest BCUT2D eigenvalue weighted by Crippen LogP contribution is 2.18. The molecule has 0 heterocycles. The maximum absolute atomic E-state index is 11.8. The predicted molar refractivity (Wildman–Crippen MR) is 81.3 cm³/mol. The first-order valence-corrected chi connectivity index (χ1v) is 7.59. The van der Waals surface area contributed by atoms with Crippen molar-refractivity contribution in [3.8, 4) is 0 Å². The van der Waals surface area contributed by atoms with Crippen LogP contribution in [0.2, 0.25) is 0 Å². The number of hydrogen-bond donors (Lipinski definition) is 3. The number of benzene rings is 1. The highest BCUT2D eigenvalue weighted by Gasteiger charge is 2.20. The first-order valence-electron chi connectivity index (χ1n) is 6.36. The summed E-state index contributed by atoms with van der Waals surface area (Å²) < 4.78 is 0. The number of amides is 2. The Kier molecular flexibility index (Phi) is 6.38. The fraction of sp³-hybridized carbons (Fsp3) is 0.429. The van der Waals surface area contributed by atoms with Crippen LogP contribution in [0.3, 0.4) is 0 Å². The molecule has 0 bridgehead atoms. The maximum atomic E-state index is 11.8. The van der Waals surface area contributed by atoms with Gasteiger partial charge in [-0.15, -0.1) is 11.8 Å². The zero-order chi connectivity index (χ0) is 15.1. The standard InChI is InChI=1S/C14H20N2O3S/c1-9(2)7-12(13(17)18)16-14(19)15-10-5-4-6-11(8-10)20-3/h4-6,8-9,12H,7H2,1-3H3,(H,17,18)(H2,15,16,19)/t12-/m0/s1. The Morgan fingerprint density at radius 2 is 2.05 bits per heavy atom. The molecular formula is C14H20N2O3S. The maximum Gasteiger partial charge on any atom is 0.326 e. The van der Waals surface area contributed by atoms with E-state index in [9.17, 15) is 9.59 Å². The molecule has 0 radical (unpaired) electrons. The molecule has 1 aromatic rings. The molecule has 0 aliphatic rings. The molecule has 0 fully saturated rings. The monoisotopic (exact) mass is 296 g/mol. The molecule has 0 aliphatic carbocycles. The van der Waals surface area contributed by atoms with E-state index in [1.165, 1.54) is 0 Å². The van der Waals surface area contributed by atoms with Gasteiger partial charge in [-0.1, -0.05) is 19.9 Å². The number of carbonyl (C=O) groups excluding carboxylic acids is 1. The zero-order valence-corrected chi connectivity index (χ0v) is 12.7. The summed E-state index contributed by atoms with van der Waals surface area (Å²) in [5.41, 5.74) is 0.642. The second-order valence-electron chi connectivity index (χ2n) is 4.85. The molecule has 1 atom stereocenters. The third kappa shape index (κ3) is 5.52. The summed E-state index contributed by atoms with van der Waals surface area (Å²) in [7, 11) is 0. The van der Waals surface area contributed by atoms with Crippen LogP contribution in [0.15, 0.2) is 29.2 Å². The van der Waals surface area contributed by atoms with Crippen LogP contribution in [-0.2, 0) is 4.79 Å². The van der Waals surface area contributed by atoms with Crippen LogP contribution in [0.4, 0.5) is 10.5 Å². The number of carboxylic acids is 1. The first kappa shape index (κ1) is 16.4. The van der Waals surface area contributed by atoms with Gasteiger partial charge in [0.15, 0.2) is 0 Å². The number of carboxylic acid groups (broad SMARTS) is 1. The van der Waals surface area contributed by atoms with Crippen molar-refractivity contribution in [1.29, 1.82) is 0 Å². The topological polar surface area (TPSA) is 78.4 Å². The van der Waals surface area contributed by atoms with Gasteiger partial charge in [-0.05, 0) is 36.8 Å². The normalized spacial score (nSPS) is 12.0. The minimum atomic E-state index is -1.02. The number of nitrogens with one attached hydrogen (secondary N) is 2. The van der Waals surface area contributed by atoms with Gasteiger partial charge in [-0.3, -0.25) is 0 Å². The summed E-state index contributed by atoms with van der Waals surface area (Å²) in [5, 5.41) is 14.2. The Morgan fingerprint density at radius 1 is 1.35 bits per heavy atom. The summed E-state index contributed by atoms with van der Waals surface area (Å²) in [4.78, 5) is 23.9. The van der Waals surface area contributed by atoms with E-state index < -0.39 is 18.0 Å². The van der Waals surface area contributed by atoms with E-state index in [2.05, 4.69) is 10.6 Å². The van der Waals surface area contributed by atoms with Gasteiger partial charge in [0.2, 0.25) is 0 Å².